The summed E-state index contributed by atoms with van der Waals surface area (Å²) in [5, 5.41) is 3.41. The maximum Gasteiger partial charge on any atom is 0.138 e. The Hall–Kier alpha value is -1.09. The van der Waals surface area contributed by atoms with Crippen LogP contribution in [0, 0.1) is 11.8 Å². The van der Waals surface area contributed by atoms with Crippen molar-refractivity contribution in [1.29, 1.82) is 0 Å². The quantitative estimate of drug-likeness (QED) is 0.818. The van der Waals surface area contributed by atoms with E-state index in [9.17, 15) is 0 Å². The molecular weight excluding hydrogens is 260 g/mol. The molecular formula is C18H30N2O. The van der Waals surface area contributed by atoms with Gasteiger partial charge in [0.1, 0.15) is 5.75 Å². The molecule has 1 N–H and O–H groups in total. The molecule has 21 heavy (non-hydrogen) atoms. The number of ether oxygens (including phenoxy) is 1. The Bertz CT molecular complexity index is 394. The first kappa shape index (κ1) is 16.3. The predicted molar refractivity (Wildman–Crippen MR) is 87.4 cm³/mol. The lowest BCUT2D eigenvalue weighted by molar-refractivity contribution is 0.129. The van der Waals surface area contributed by atoms with Gasteiger partial charge in [-0.1, -0.05) is 27.2 Å². The molecule has 1 heterocycles. The minimum Gasteiger partial charge on any atom is -0.489 e. The SMILES string of the molecule is CCC1CCC(Oc2ccc(CNCC(C)C)nc2)CC1. The molecule has 3 nitrogen and oxygen atoms in total. The van der Waals surface area contributed by atoms with Gasteiger partial charge in [-0.15, -0.1) is 0 Å². The summed E-state index contributed by atoms with van der Waals surface area (Å²) >= 11 is 0. The van der Waals surface area contributed by atoms with Gasteiger partial charge in [0.2, 0.25) is 0 Å². The number of aromatic nitrogens is 1. The first-order valence-electron chi connectivity index (χ1n) is 8.49. The third kappa shape index (κ3) is 5.66. The third-order valence-corrected chi connectivity index (χ3v) is 4.33. The molecule has 0 unspecified atom stereocenters. The standard InChI is InChI=1S/C18H30N2O/c1-4-15-5-8-17(9-6-15)21-18-10-7-16(20-13-18)12-19-11-14(2)3/h7,10,13-15,17,19H,4-6,8-9,11-12H2,1-3H3. The van der Waals surface area contributed by atoms with E-state index < -0.39 is 0 Å². The average molecular weight is 290 g/mol. The van der Waals surface area contributed by atoms with Crippen molar-refractivity contribution in [3.8, 4) is 5.75 Å². The van der Waals surface area contributed by atoms with E-state index in [4.69, 9.17) is 4.74 Å². The monoisotopic (exact) mass is 290 g/mol. The van der Waals surface area contributed by atoms with E-state index in [1.165, 1.54) is 32.1 Å². The van der Waals surface area contributed by atoms with Crippen LogP contribution in [0.2, 0.25) is 0 Å². The number of nitrogens with zero attached hydrogens (tertiary/aromatic N) is 1. The molecule has 0 spiro atoms. The second kappa shape index (κ2) is 8.38. The highest BCUT2D eigenvalue weighted by Crippen LogP contribution is 2.29. The highest BCUT2D eigenvalue weighted by atomic mass is 16.5. The largest absolute Gasteiger partial charge is 0.489 e. The summed E-state index contributed by atoms with van der Waals surface area (Å²) in [5.41, 5.74) is 1.08. The lowest BCUT2D eigenvalue weighted by Gasteiger charge is -2.28. The molecule has 0 radical (unpaired) electrons. The molecule has 0 amide bonds. The molecule has 1 aromatic heterocycles. The number of hydrogen-bond acceptors (Lipinski definition) is 3. The lowest BCUT2D eigenvalue weighted by Crippen LogP contribution is -2.24. The van der Waals surface area contributed by atoms with E-state index in [0.29, 0.717) is 12.0 Å². The summed E-state index contributed by atoms with van der Waals surface area (Å²) in [4.78, 5) is 4.48. The number of rotatable bonds is 7. The van der Waals surface area contributed by atoms with Gasteiger partial charge in [0.05, 0.1) is 18.0 Å². The second-order valence-electron chi connectivity index (χ2n) is 6.68. The molecule has 0 aromatic carbocycles. The van der Waals surface area contributed by atoms with Crippen LogP contribution in [0.25, 0.3) is 0 Å². The minimum absolute atomic E-state index is 0.388. The van der Waals surface area contributed by atoms with Crippen LogP contribution < -0.4 is 10.1 Å². The smallest absolute Gasteiger partial charge is 0.138 e. The molecule has 0 saturated heterocycles. The van der Waals surface area contributed by atoms with Crippen molar-refractivity contribution in [3.05, 3.63) is 24.0 Å². The molecule has 118 valence electrons. The van der Waals surface area contributed by atoms with E-state index in [-0.39, 0.29) is 0 Å². The molecule has 0 bridgehead atoms. The first-order chi connectivity index (χ1) is 10.2. The Balaban J connectivity index is 1.74. The van der Waals surface area contributed by atoms with E-state index in [1.54, 1.807) is 0 Å². The highest BCUT2D eigenvalue weighted by Gasteiger charge is 2.21. The van der Waals surface area contributed by atoms with Crippen molar-refractivity contribution < 1.29 is 4.74 Å². The molecule has 1 aromatic rings. The van der Waals surface area contributed by atoms with E-state index in [0.717, 1.165) is 30.5 Å². The zero-order valence-corrected chi connectivity index (χ0v) is 13.8. The van der Waals surface area contributed by atoms with Gasteiger partial charge in [-0.3, -0.25) is 4.98 Å². The summed E-state index contributed by atoms with van der Waals surface area (Å²) < 4.78 is 6.06. The van der Waals surface area contributed by atoms with Crippen LogP contribution in [0.15, 0.2) is 18.3 Å². The summed E-state index contributed by atoms with van der Waals surface area (Å²) in [6.45, 7) is 8.58. The van der Waals surface area contributed by atoms with Gasteiger partial charge in [-0.05, 0) is 56.2 Å². The van der Waals surface area contributed by atoms with Crippen LogP contribution in [0.5, 0.6) is 5.75 Å². The Kier molecular flexibility index (Phi) is 6.50. The molecule has 1 aliphatic carbocycles. The fraction of sp³-hybridized carbons (Fsp3) is 0.722. The Morgan fingerprint density at radius 3 is 2.57 bits per heavy atom. The van der Waals surface area contributed by atoms with Crippen LogP contribution in [-0.4, -0.2) is 17.6 Å². The van der Waals surface area contributed by atoms with Crippen LogP contribution >= 0.6 is 0 Å². The normalized spacial score (nSPS) is 22.5. The predicted octanol–water partition coefficient (Wildman–Crippen LogP) is 4.17. The van der Waals surface area contributed by atoms with Crippen molar-refractivity contribution in [2.24, 2.45) is 11.8 Å². The van der Waals surface area contributed by atoms with Crippen molar-refractivity contribution in [2.45, 2.75) is 65.5 Å². The van der Waals surface area contributed by atoms with Gasteiger partial charge in [-0.25, -0.2) is 0 Å². The summed E-state index contributed by atoms with van der Waals surface area (Å²) in [6, 6.07) is 4.13. The van der Waals surface area contributed by atoms with Gasteiger partial charge in [-0.2, -0.15) is 0 Å². The van der Waals surface area contributed by atoms with Crippen molar-refractivity contribution in [3.63, 3.8) is 0 Å². The number of pyridine rings is 1. The minimum atomic E-state index is 0.388. The molecule has 1 aliphatic rings. The zero-order valence-electron chi connectivity index (χ0n) is 13.8. The molecule has 3 heteroatoms. The van der Waals surface area contributed by atoms with Gasteiger partial charge < -0.3 is 10.1 Å². The Morgan fingerprint density at radius 1 is 1.24 bits per heavy atom. The first-order valence-corrected chi connectivity index (χ1v) is 8.49. The fourth-order valence-corrected chi connectivity index (χ4v) is 2.92. The van der Waals surface area contributed by atoms with Gasteiger partial charge in [0.25, 0.3) is 0 Å². The Morgan fingerprint density at radius 2 is 2.00 bits per heavy atom. The van der Waals surface area contributed by atoms with Crippen LogP contribution in [0.4, 0.5) is 0 Å². The van der Waals surface area contributed by atoms with E-state index in [2.05, 4.69) is 43.2 Å². The third-order valence-electron chi connectivity index (χ3n) is 4.33. The highest BCUT2D eigenvalue weighted by molar-refractivity contribution is 5.20. The number of nitrogens with one attached hydrogen (secondary N) is 1. The van der Waals surface area contributed by atoms with Gasteiger partial charge in [0.15, 0.2) is 0 Å². The number of hydrogen-bond donors (Lipinski definition) is 1. The molecule has 1 fully saturated rings. The summed E-state index contributed by atoms with van der Waals surface area (Å²) in [5.74, 6) is 2.51. The fourth-order valence-electron chi connectivity index (χ4n) is 2.92. The topological polar surface area (TPSA) is 34.1 Å². The van der Waals surface area contributed by atoms with Gasteiger partial charge in [0, 0.05) is 6.54 Å². The van der Waals surface area contributed by atoms with Gasteiger partial charge >= 0.3 is 0 Å². The van der Waals surface area contributed by atoms with Crippen LogP contribution in [-0.2, 0) is 6.54 Å². The molecule has 1 saturated carbocycles. The molecule has 0 aliphatic heterocycles. The zero-order chi connectivity index (χ0) is 15.1. The molecule has 2 rings (SSSR count). The van der Waals surface area contributed by atoms with E-state index >= 15 is 0 Å². The maximum absolute atomic E-state index is 6.06. The van der Waals surface area contributed by atoms with Crippen molar-refractivity contribution in [2.75, 3.05) is 6.54 Å². The maximum atomic E-state index is 6.06. The van der Waals surface area contributed by atoms with Crippen LogP contribution in [0.3, 0.4) is 0 Å². The summed E-state index contributed by atoms with van der Waals surface area (Å²) in [6.07, 6.45) is 8.58. The van der Waals surface area contributed by atoms with Crippen LogP contribution in [0.1, 0.15) is 58.6 Å². The van der Waals surface area contributed by atoms with Crippen molar-refractivity contribution >= 4 is 0 Å². The summed E-state index contributed by atoms with van der Waals surface area (Å²) in [7, 11) is 0. The average Bonchev–Trinajstić information content (AvgIpc) is 2.49. The Labute approximate surface area is 129 Å². The second-order valence-corrected chi connectivity index (χ2v) is 6.68. The van der Waals surface area contributed by atoms with Crippen molar-refractivity contribution in [1.82, 2.24) is 10.3 Å². The lowest BCUT2D eigenvalue weighted by atomic mass is 9.86. The molecule has 0 atom stereocenters. The van der Waals surface area contributed by atoms with E-state index in [1.807, 2.05) is 6.20 Å².